The number of unbranched alkanes of at least 4 members (excludes halogenated alkanes) is 1. The third-order valence-electron chi connectivity index (χ3n) is 3.89. The molecule has 0 aromatic heterocycles. The van der Waals surface area contributed by atoms with Crippen LogP contribution >= 0.6 is 0 Å². The van der Waals surface area contributed by atoms with E-state index in [-0.39, 0.29) is 11.5 Å². The topological polar surface area (TPSA) is 61.6 Å². The number of ether oxygens (including phenoxy) is 2. The second-order valence-electron chi connectivity index (χ2n) is 5.24. The van der Waals surface area contributed by atoms with Gasteiger partial charge in [-0.25, -0.2) is 0 Å². The molecule has 0 saturated carbocycles. The van der Waals surface area contributed by atoms with Gasteiger partial charge in [-0.15, -0.1) is 0 Å². The zero-order valence-electron chi connectivity index (χ0n) is 10.5. The highest BCUT2D eigenvalue weighted by atomic mass is 16.6. The number of nitrogens with two attached hydrogens (primary N) is 1. The van der Waals surface area contributed by atoms with Gasteiger partial charge in [0.25, 0.3) is 0 Å². The molecule has 0 amide bonds. The lowest BCUT2D eigenvalue weighted by Crippen LogP contribution is -2.42. The summed E-state index contributed by atoms with van der Waals surface area (Å²) < 4.78 is 11.2. The van der Waals surface area contributed by atoms with Gasteiger partial charge in [-0.05, 0) is 32.2 Å². The summed E-state index contributed by atoms with van der Waals surface area (Å²) in [4.78, 5) is 12.1. The molecule has 0 aliphatic carbocycles. The second kappa shape index (κ2) is 5.94. The highest BCUT2D eigenvalue weighted by Gasteiger charge is 2.42. The van der Waals surface area contributed by atoms with Gasteiger partial charge in [0.2, 0.25) is 0 Å². The van der Waals surface area contributed by atoms with Gasteiger partial charge in [0.1, 0.15) is 5.78 Å². The van der Waals surface area contributed by atoms with Crippen molar-refractivity contribution in [3.05, 3.63) is 0 Å². The van der Waals surface area contributed by atoms with Crippen LogP contribution in [0.2, 0.25) is 0 Å². The summed E-state index contributed by atoms with van der Waals surface area (Å²) in [6, 6.07) is 0. The Kier molecular flexibility index (Phi) is 4.54. The predicted octanol–water partition coefficient (Wildman–Crippen LogP) is 1.27. The van der Waals surface area contributed by atoms with Crippen molar-refractivity contribution in [2.45, 2.75) is 44.1 Å². The van der Waals surface area contributed by atoms with Crippen LogP contribution in [-0.4, -0.2) is 37.7 Å². The van der Waals surface area contributed by atoms with Crippen LogP contribution in [0.1, 0.15) is 38.5 Å². The van der Waals surface area contributed by atoms with Gasteiger partial charge in [0.05, 0.1) is 12.2 Å². The maximum Gasteiger partial charge on any atom is 0.136 e. The number of rotatable bonds is 5. The zero-order chi connectivity index (χ0) is 12.1. The number of Topliss-reactive ketones (excluding diaryl/α,β-unsaturated/α-hetero) is 1. The number of carbonyl (C=O) groups excluding carboxylic acids is 1. The maximum absolute atomic E-state index is 12.1. The molecular formula is C13H23NO3. The predicted molar refractivity (Wildman–Crippen MR) is 64.8 cm³/mol. The molecule has 2 fully saturated rings. The van der Waals surface area contributed by atoms with Crippen LogP contribution in [0.4, 0.5) is 0 Å². The van der Waals surface area contributed by atoms with E-state index in [9.17, 15) is 4.79 Å². The summed E-state index contributed by atoms with van der Waals surface area (Å²) in [5, 5.41) is 0. The minimum Gasteiger partial charge on any atom is -0.378 e. The molecule has 2 atom stereocenters. The highest BCUT2D eigenvalue weighted by Crippen LogP contribution is 2.36. The van der Waals surface area contributed by atoms with Crippen molar-refractivity contribution in [2.75, 3.05) is 26.4 Å². The minimum absolute atomic E-state index is 0.146. The van der Waals surface area contributed by atoms with E-state index < -0.39 is 0 Å². The molecule has 17 heavy (non-hydrogen) atoms. The Bertz CT molecular complexity index is 261. The Balaban J connectivity index is 1.82. The van der Waals surface area contributed by atoms with Crippen LogP contribution in [0.5, 0.6) is 0 Å². The van der Waals surface area contributed by atoms with E-state index in [2.05, 4.69) is 0 Å². The van der Waals surface area contributed by atoms with E-state index in [1.807, 2.05) is 0 Å². The molecule has 4 heteroatoms. The molecule has 2 saturated heterocycles. The number of carbonyl (C=O) groups is 1. The van der Waals surface area contributed by atoms with Crippen LogP contribution in [-0.2, 0) is 14.3 Å². The first-order valence-corrected chi connectivity index (χ1v) is 6.70. The van der Waals surface area contributed by atoms with Crippen molar-refractivity contribution in [1.29, 1.82) is 0 Å². The number of hydrogen-bond donors (Lipinski definition) is 1. The third kappa shape index (κ3) is 3.27. The summed E-state index contributed by atoms with van der Waals surface area (Å²) in [6.07, 6.45) is 5.23. The fraction of sp³-hybridized carbons (Fsp3) is 0.923. The Morgan fingerprint density at radius 3 is 2.94 bits per heavy atom. The summed E-state index contributed by atoms with van der Waals surface area (Å²) >= 11 is 0. The quantitative estimate of drug-likeness (QED) is 0.736. The Morgan fingerprint density at radius 2 is 2.24 bits per heavy atom. The van der Waals surface area contributed by atoms with E-state index in [0.29, 0.717) is 32.0 Å². The number of ketones is 1. The van der Waals surface area contributed by atoms with Gasteiger partial charge < -0.3 is 15.2 Å². The van der Waals surface area contributed by atoms with Crippen molar-refractivity contribution in [3.8, 4) is 0 Å². The van der Waals surface area contributed by atoms with Crippen LogP contribution in [0.3, 0.4) is 0 Å². The lowest BCUT2D eigenvalue weighted by atomic mass is 9.82. The van der Waals surface area contributed by atoms with Gasteiger partial charge in [0, 0.05) is 32.0 Å². The molecule has 0 aromatic rings. The monoisotopic (exact) mass is 241 g/mol. The standard InChI is InChI=1S/C13H23NO3/c14-6-2-1-3-12(15)11-4-7-17-13(9-11)5-8-16-10-13/h11H,1-10,14H2. The fourth-order valence-corrected chi connectivity index (χ4v) is 2.81. The minimum atomic E-state index is -0.146. The first-order chi connectivity index (χ1) is 8.26. The van der Waals surface area contributed by atoms with Crippen LogP contribution < -0.4 is 5.73 Å². The van der Waals surface area contributed by atoms with Crippen LogP contribution in [0.25, 0.3) is 0 Å². The van der Waals surface area contributed by atoms with Gasteiger partial charge >= 0.3 is 0 Å². The Morgan fingerprint density at radius 1 is 1.35 bits per heavy atom. The van der Waals surface area contributed by atoms with Crippen LogP contribution in [0.15, 0.2) is 0 Å². The summed E-state index contributed by atoms with van der Waals surface area (Å²) in [5.41, 5.74) is 5.29. The van der Waals surface area contributed by atoms with Gasteiger partial charge in [-0.1, -0.05) is 0 Å². The molecule has 0 aromatic carbocycles. The molecule has 2 aliphatic heterocycles. The van der Waals surface area contributed by atoms with E-state index in [0.717, 1.165) is 38.7 Å². The molecule has 98 valence electrons. The van der Waals surface area contributed by atoms with Crippen molar-refractivity contribution >= 4 is 5.78 Å². The first-order valence-electron chi connectivity index (χ1n) is 6.70. The Hall–Kier alpha value is -0.450. The molecule has 2 unspecified atom stereocenters. The van der Waals surface area contributed by atoms with E-state index >= 15 is 0 Å². The van der Waals surface area contributed by atoms with Crippen molar-refractivity contribution in [2.24, 2.45) is 11.7 Å². The molecule has 2 heterocycles. The molecule has 4 nitrogen and oxygen atoms in total. The smallest absolute Gasteiger partial charge is 0.136 e. The van der Waals surface area contributed by atoms with E-state index in [1.165, 1.54) is 0 Å². The average molecular weight is 241 g/mol. The molecule has 0 radical (unpaired) electrons. The molecule has 2 aliphatic rings. The summed E-state index contributed by atoms with van der Waals surface area (Å²) in [5.74, 6) is 0.580. The lowest BCUT2D eigenvalue weighted by molar-refractivity contribution is -0.137. The van der Waals surface area contributed by atoms with E-state index in [4.69, 9.17) is 15.2 Å². The van der Waals surface area contributed by atoms with Crippen molar-refractivity contribution in [3.63, 3.8) is 0 Å². The second-order valence-corrected chi connectivity index (χ2v) is 5.24. The lowest BCUT2D eigenvalue weighted by Gasteiger charge is -2.36. The molecule has 2 N–H and O–H groups in total. The number of hydrogen-bond acceptors (Lipinski definition) is 4. The fourth-order valence-electron chi connectivity index (χ4n) is 2.81. The normalized spacial score (nSPS) is 33.1. The van der Waals surface area contributed by atoms with Crippen molar-refractivity contribution in [1.82, 2.24) is 0 Å². The zero-order valence-corrected chi connectivity index (χ0v) is 10.5. The average Bonchev–Trinajstić information content (AvgIpc) is 2.77. The molecule has 1 spiro atoms. The molecule has 2 rings (SSSR count). The SMILES string of the molecule is NCCCCC(=O)C1CCOC2(CCOC2)C1. The summed E-state index contributed by atoms with van der Waals surface area (Å²) in [6.45, 7) is 2.82. The maximum atomic E-state index is 12.1. The molecular weight excluding hydrogens is 218 g/mol. The molecule has 0 bridgehead atoms. The van der Waals surface area contributed by atoms with Crippen molar-refractivity contribution < 1.29 is 14.3 Å². The summed E-state index contributed by atoms with van der Waals surface area (Å²) in [7, 11) is 0. The van der Waals surface area contributed by atoms with Gasteiger partial charge in [0.15, 0.2) is 0 Å². The Labute approximate surface area is 103 Å². The van der Waals surface area contributed by atoms with Gasteiger partial charge in [-0.2, -0.15) is 0 Å². The highest BCUT2D eigenvalue weighted by molar-refractivity contribution is 5.81. The largest absolute Gasteiger partial charge is 0.378 e. The van der Waals surface area contributed by atoms with Gasteiger partial charge in [-0.3, -0.25) is 4.79 Å². The first kappa shape index (κ1) is 13.0. The van der Waals surface area contributed by atoms with E-state index in [1.54, 1.807) is 0 Å². The third-order valence-corrected chi connectivity index (χ3v) is 3.89. The van der Waals surface area contributed by atoms with Crippen LogP contribution in [0, 0.1) is 5.92 Å².